The molecule has 1 spiro atoms. The Labute approximate surface area is 194 Å². The molecule has 11 heteroatoms. The van der Waals surface area contributed by atoms with Crippen LogP contribution in [0.25, 0.3) is 0 Å². The Morgan fingerprint density at radius 3 is 2.58 bits per heavy atom. The van der Waals surface area contributed by atoms with Crippen molar-refractivity contribution in [1.82, 2.24) is 24.7 Å². The third-order valence-corrected chi connectivity index (χ3v) is 8.26. The summed E-state index contributed by atoms with van der Waals surface area (Å²) in [5.74, 6) is 1.17. The van der Waals surface area contributed by atoms with Gasteiger partial charge in [-0.2, -0.15) is 5.10 Å². The summed E-state index contributed by atoms with van der Waals surface area (Å²) >= 11 is 14.1. The van der Waals surface area contributed by atoms with Gasteiger partial charge in [-0.1, -0.05) is 35.0 Å². The minimum Gasteiger partial charge on any atom is -0.382 e. The van der Waals surface area contributed by atoms with Crippen LogP contribution in [0.1, 0.15) is 30.3 Å². The summed E-state index contributed by atoms with van der Waals surface area (Å²) in [5, 5.41) is 6.46. The number of halogens is 2. The number of nitrogen functional groups attached to an aromatic ring is 1. The van der Waals surface area contributed by atoms with Crippen molar-refractivity contribution in [2.75, 3.05) is 23.7 Å². The number of nitrogens with zero attached hydrogens (tertiary/aromatic N) is 6. The summed E-state index contributed by atoms with van der Waals surface area (Å²) in [7, 11) is 0. The van der Waals surface area contributed by atoms with Gasteiger partial charge in [0.15, 0.2) is 0 Å². The molecule has 0 aliphatic carbocycles. The molecule has 3 aromatic heterocycles. The second kappa shape index (κ2) is 7.81. The summed E-state index contributed by atoms with van der Waals surface area (Å²) in [6, 6.07) is 1.72. The Morgan fingerprint density at radius 2 is 1.90 bits per heavy atom. The lowest BCUT2D eigenvalue weighted by molar-refractivity contribution is 0.170. The summed E-state index contributed by atoms with van der Waals surface area (Å²) in [4.78, 5) is 16.2. The van der Waals surface area contributed by atoms with E-state index in [9.17, 15) is 0 Å². The maximum absolute atomic E-state index is 6.65. The highest BCUT2D eigenvalue weighted by Crippen LogP contribution is 2.50. The van der Waals surface area contributed by atoms with E-state index in [1.165, 1.54) is 11.8 Å². The van der Waals surface area contributed by atoms with E-state index in [1.54, 1.807) is 18.6 Å². The highest BCUT2D eigenvalue weighted by atomic mass is 35.5. The van der Waals surface area contributed by atoms with Crippen molar-refractivity contribution >= 4 is 46.6 Å². The second-order valence-electron chi connectivity index (χ2n) is 8.09. The first kappa shape index (κ1) is 20.8. The monoisotopic (exact) mass is 476 g/mol. The SMILES string of the molecule is Cc1nn2c(c1Cl)C(N)C1(CCN(c3cnc(Sc4ccnc(N)c4Cl)cn3)CC1)C2. The normalized spacial score (nSPS) is 19.7. The molecular weight excluding hydrogens is 455 g/mol. The fourth-order valence-corrected chi connectivity index (χ4v) is 5.73. The first-order valence-electron chi connectivity index (χ1n) is 10.0. The first-order chi connectivity index (χ1) is 14.9. The number of nitrogens with two attached hydrogens (primary N) is 2. The van der Waals surface area contributed by atoms with E-state index in [2.05, 4.69) is 25.0 Å². The van der Waals surface area contributed by atoms with Crippen LogP contribution in [-0.4, -0.2) is 37.8 Å². The molecule has 1 unspecified atom stereocenters. The van der Waals surface area contributed by atoms with E-state index in [0.717, 1.165) is 59.6 Å². The van der Waals surface area contributed by atoms with Gasteiger partial charge in [-0.25, -0.2) is 15.0 Å². The van der Waals surface area contributed by atoms with Gasteiger partial charge in [0.1, 0.15) is 16.7 Å². The lowest BCUT2D eigenvalue weighted by atomic mass is 9.73. The molecule has 4 N–H and O–H groups in total. The predicted molar refractivity (Wildman–Crippen MR) is 123 cm³/mol. The minimum absolute atomic E-state index is 0.00256. The van der Waals surface area contributed by atoms with Gasteiger partial charge in [0.2, 0.25) is 0 Å². The lowest BCUT2D eigenvalue weighted by Gasteiger charge is -2.41. The van der Waals surface area contributed by atoms with Gasteiger partial charge in [-0.05, 0) is 25.8 Å². The topological polar surface area (TPSA) is 112 Å². The molecule has 8 nitrogen and oxygen atoms in total. The van der Waals surface area contributed by atoms with Crippen LogP contribution < -0.4 is 16.4 Å². The fraction of sp³-hybridized carbons (Fsp3) is 0.400. The van der Waals surface area contributed by atoms with Crippen LogP contribution in [0.3, 0.4) is 0 Å². The number of aryl methyl sites for hydroxylation is 1. The number of piperidine rings is 1. The largest absolute Gasteiger partial charge is 0.382 e. The zero-order valence-electron chi connectivity index (χ0n) is 16.9. The average Bonchev–Trinajstić information content (AvgIpc) is 3.19. The highest BCUT2D eigenvalue weighted by molar-refractivity contribution is 7.99. The lowest BCUT2D eigenvalue weighted by Crippen LogP contribution is -2.45. The van der Waals surface area contributed by atoms with Crippen molar-refractivity contribution in [3.63, 3.8) is 0 Å². The van der Waals surface area contributed by atoms with Crippen LogP contribution in [0, 0.1) is 12.3 Å². The maximum atomic E-state index is 6.65. The first-order valence-corrected chi connectivity index (χ1v) is 11.6. The molecule has 31 heavy (non-hydrogen) atoms. The molecule has 1 atom stereocenters. The Bertz CT molecular complexity index is 1120. The molecule has 2 aliphatic heterocycles. The predicted octanol–water partition coefficient (Wildman–Crippen LogP) is 3.72. The van der Waals surface area contributed by atoms with Crippen LogP contribution >= 0.6 is 35.0 Å². The zero-order valence-corrected chi connectivity index (χ0v) is 19.3. The van der Waals surface area contributed by atoms with E-state index in [-0.39, 0.29) is 11.5 Å². The molecule has 0 bridgehead atoms. The number of hydrogen-bond donors (Lipinski definition) is 2. The van der Waals surface area contributed by atoms with Crippen molar-refractivity contribution < 1.29 is 0 Å². The van der Waals surface area contributed by atoms with Gasteiger partial charge in [-0.3, -0.25) is 4.68 Å². The van der Waals surface area contributed by atoms with Gasteiger partial charge in [0, 0.05) is 36.1 Å². The van der Waals surface area contributed by atoms with Gasteiger partial charge in [0.25, 0.3) is 0 Å². The molecule has 5 rings (SSSR count). The Balaban J connectivity index is 1.26. The van der Waals surface area contributed by atoms with Crippen LogP contribution in [0.2, 0.25) is 10.0 Å². The molecule has 0 amide bonds. The molecule has 0 saturated carbocycles. The average molecular weight is 477 g/mol. The summed E-state index contributed by atoms with van der Waals surface area (Å²) in [5.41, 5.74) is 14.2. The smallest absolute Gasteiger partial charge is 0.147 e. The van der Waals surface area contributed by atoms with E-state index in [0.29, 0.717) is 15.9 Å². The van der Waals surface area contributed by atoms with Crippen LogP contribution in [0.15, 0.2) is 34.6 Å². The van der Waals surface area contributed by atoms with Crippen LogP contribution in [0.4, 0.5) is 11.6 Å². The molecule has 5 heterocycles. The number of aromatic nitrogens is 5. The molecule has 0 radical (unpaired) electrons. The molecule has 1 saturated heterocycles. The van der Waals surface area contributed by atoms with E-state index >= 15 is 0 Å². The number of anilines is 2. The third-order valence-electron chi connectivity index (χ3n) is 6.30. The molecule has 1 fully saturated rings. The van der Waals surface area contributed by atoms with Gasteiger partial charge in [-0.15, -0.1) is 0 Å². The highest BCUT2D eigenvalue weighted by Gasteiger charge is 2.48. The number of fused-ring (bicyclic) bond motifs is 1. The summed E-state index contributed by atoms with van der Waals surface area (Å²) in [6.07, 6.45) is 7.10. The van der Waals surface area contributed by atoms with Crippen molar-refractivity contribution in [2.45, 2.75) is 42.3 Å². The molecule has 162 valence electrons. The van der Waals surface area contributed by atoms with E-state index in [1.807, 2.05) is 17.7 Å². The third kappa shape index (κ3) is 3.53. The molecule has 0 aromatic carbocycles. The number of pyridine rings is 1. The zero-order chi connectivity index (χ0) is 21.8. The van der Waals surface area contributed by atoms with Gasteiger partial charge >= 0.3 is 0 Å². The Hall–Kier alpha value is -2.07. The molecular formula is C20H22Cl2N8S. The van der Waals surface area contributed by atoms with Crippen LogP contribution in [-0.2, 0) is 6.54 Å². The van der Waals surface area contributed by atoms with Gasteiger partial charge in [0.05, 0.1) is 39.9 Å². The van der Waals surface area contributed by atoms with Gasteiger partial charge < -0.3 is 16.4 Å². The fourth-order valence-electron chi connectivity index (χ4n) is 4.49. The number of rotatable bonds is 3. The Morgan fingerprint density at radius 1 is 1.13 bits per heavy atom. The second-order valence-corrected chi connectivity index (χ2v) is 9.91. The van der Waals surface area contributed by atoms with Crippen LogP contribution in [0.5, 0.6) is 0 Å². The Kier molecular flexibility index (Phi) is 5.24. The van der Waals surface area contributed by atoms with E-state index in [4.69, 9.17) is 34.7 Å². The molecule has 3 aromatic rings. The van der Waals surface area contributed by atoms with Crippen molar-refractivity contribution in [1.29, 1.82) is 0 Å². The molecule has 2 aliphatic rings. The number of hydrogen-bond acceptors (Lipinski definition) is 8. The van der Waals surface area contributed by atoms with Crippen molar-refractivity contribution in [3.05, 3.63) is 46.1 Å². The van der Waals surface area contributed by atoms with Crippen molar-refractivity contribution in [2.24, 2.45) is 11.1 Å². The minimum atomic E-state index is -0.0919. The summed E-state index contributed by atoms with van der Waals surface area (Å²) < 4.78 is 2.00. The van der Waals surface area contributed by atoms with E-state index < -0.39 is 0 Å². The standard InChI is InChI=1S/C20H22Cl2N8S/c1-11-15(21)17-18(23)20(10-30(17)28-11)3-6-29(7-4-20)13-8-27-14(9-26-13)31-12-2-5-25-19(24)16(12)22/h2,5,8-9,18H,3-4,6-7,10,23H2,1H3,(H2,24,25). The van der Waals surface area contributed by atoms with Crippen molar-refractivity contribution in [3.8, 4) is 0 Å². The quantitative estimate of drug-likeness (QED) is 0.587. The summed E-state index contributed by atoms with van der Waals surface area (Å²) in [6.45, 7) is 4.47. The maximum Gasteiger partial charge on any atom is 0.147 e.